The van der Waals surface area contributed by atoms with E-state index in [9.17, 15) is 13.5 Å². The van der Waals surface area contributed by atoms with Crippen molar-refractivity contribution in [1.82, 2.24) is 4.31 Å². The molecule has 1 atom stereocenters. The van der Waals surface area contributed by atoms with Gasteiger partial charge < -0.3 is 9.84 Å². The van der Waals surface area contributed by atoms with Crippen LogP contribution in [-0.4, -0.2) is 55.5 Å². The van der Waals surface area contributed by atoms with E-state index in [-0.39, 0.29) is 17.9 Å². The summed E-state index contributed by atoms with van der Waals surface area (Å²) >= 11 is 0. The van der Waals surface area contributed by atoms with Crippen LogP contribution in [0.15, 0.2) is 0 Å². The molecule has 2 fully saturated rings. The fourth-order valence-corrected chi connectivity index (χ4v) is 4.80. The summed E-state index contributed by atoms with van der Waals surface area (Å²) in [6.07, 6.45) is 3.84. The van der Waals surface area contributed by atoms with Gasteiger partial charge in [0.15, 0.2) is 0 Å². The van der Waals surface area contributed by atoms with Crippen molar-refractivity contribution in [2.24, 2.45) is 0 Å². The number of hydrogen-bond acceptors (Lipinski definition) is 4. The van der Waals surface area contributed by atoms with E-state index < -0.39 is 10.0 Å². The van der Waals surface area contributed by atoms with Gasteiger partial charge in [-0.3, -0.25) is 0 Å². The van der Waals surface area contributed by atoms with E-state index in [1.165, 1.54) is 4.31 Å². The summed E-state index contributed by atoms with van der Waals surface area (Å²) in [5.74, 6) is 0. The van der Waals surface area contributed by atoms with Gasteiger partial charge in [0.05, 0.1) is 11.9 Å². The molecule has 1 unspecified atom stereocenters. The first-order chi connectivity index (χ1) is 8.16. The standard InChI is InChI=1S/C11H21NO4S/c13-9-10-3-1-2-6-12(10)17(14,15)11-4-7-16-8-5-11/h10-11,13H,1-9H2. The van der Waals surface area contributed by atoms with Gasteiger partial charge in [0, 0.05) is 25.8 Å². The van der Waals surface area contributed by atoms with Gasteiger partial charge in [-0.2, -0.15) is 4.31 Å². The normalized spacial score (nSPS) is 29.4. The zero-order chi connectivity index (χ0) is 12.3. The lowest BCUT2D eigenvalue weighted by Gasteiger charge is -2.37. The van der Waals surface area contributed by atoms with E-state index in [2.05, 4.69) is 0 Å². The minimum Gasteiger partial charge on any atom is -0.395 e. The van der Waals surface area contributed by atoms with E-state index in [4.69, 9.17) is 4.74 Å². The average molecular weight is 263 g/mol. The molecule has 17 heavy (non-hydrogen) atoms. The molecule has 0 saturated carbocycles. The van der Waals surface area contributed by atoms with Crippen molar-refractivity contribution in [3.8, 4) is 0 Å². The molecule has 0 radical (unpaired) electrons. The smallest absolute Gasteiger partial charge is 0.217 e. The SMILES string of the molecule is O=S(=O)(C1CCOCC1)N1CCCCC1CO. The molecule has 6 heteroatoms. The van der Waals surface area contributed by atoms with Gasteiger partial charge in [-0.25, -0.2) is 8.42 Å². The fourth-order valence-electron chi connectivity index (χ4n) is 2.66. The van der Waals surface area contributed by atoms with Crippen LogP contribution in [0.3, 0.4) is 0 Å². The van der Waals surface area contributed by atoms with Crippen LogP contribution in [0.1, 0.15) is 32.1 Å². The van der Waals surface area contributed by atoms with Crippen molar-refractivity contribution in [2.75, 3.05) is 26.4 Å². The Balaban J connectivity index is 2.11. The molecule has 0 aliphatic carbocycles. The second-order valence-electron chi connectivity index (χ2n) is 4.80. The van der Waals surface area contributed by atoms with Crippen LogP contribution in [0.2, 0.25) is 0 Å². The highest BCUT2D eigenvalue weighted by molar-refractivity contribution is 7.89. The summed E-state index contributed by atoms with van der Waals surface area (Å²) in [5.41, 5.74) is 0. The quantitative estimate of drug-likeness (QED) is 0.797. The Labute approximate surface area is 103 Å². The third-order valence-corrected chi connectivity index (χ3v) is 6.15. The van der Waals surface area contributed by atoms with Gasteiger partial charge in [-0.15, -0.1) is 0 Å². The van der Waals surface area contributed by atoms with Crippen LogP contribution in [-0.2, 0) is 14.8 Å². The highest BCUT2D eigenvalue weighted by atomic mass is 32.2. The third kappa shape index (κ3) is 2.81. The van der Waals surface area contributed by atoms with Gasteiger partial charge in [-0.05, 0) is 25.7 Å². The summed E-state index contributed by atoms with van der Waals surface area (Å²) in [7, 11) is -3.25. The maximum absolute atomic E-state index is 12.5. The Hall–Kier alpha value is -0.170. The average Bonchev–Trinajstić information content (AvgIpc) is 2.39. The zero-order valence-electron chi connectivity index (χ0n) is 10.0. The van der Waals surface area contributed by atoms with Crippen LogP contribution < -0.4 is 0 Å². The molecule has 0 amide bonds. The van der Waals surface area contributed by atoms with Crippen LogP contribution in [0.4, 0.5) is 0 Å². The molecule has 1 N–H and O–H groups in total. The predicted octanol–water partition coefficient (Wildman–Crippen LogP) is 0.342. The molecular weight excluding hydrogens is 242 g/mol. The van der Waals surface area contributed by atoms with Crippen molar-refractivity contribution >= 4 is 10.0 Å². The molecule has 2 saturated heterocycles. The number of aliphatic hydroxyl groups is 1. The maximum Gasteiger partial charge on any atom is 0.217 e. The van der Waals surface area contributed by atoms with Crippen LogP contribution in [0.25, 0.3) is 0 Å². The molecule has 0 aromatic rings. The van der Waals surface area contributed by atoms with Crippen molar-refractivity contribution in [2.45, 2.75) is 43.4 Å². The monoisotopic (exact) mass is 263 g/mol. The van der Waals surface area contributed by atoms with E-state index in [0.29, 0.717) is 32.6 Å². The number of sulfonamides is 1. The lowest BCUT2D eigenvalue weighted by atomic mass is 10.1. The minimum atomic E-state index is -3.25. The molecule has 0 bridgehead atoms. The first-order valence-corrected chi connectivity index (χ1v) is 7.86. The number of aliphatic hydroxyl groups excluding tert-OH is 1. The molecule has 0 aromatic heterocycles. The van der Waals surface area contributed by atoms with Crippen LogP contribution in [0, 0.1) is 0 Å². The van der Waals surface area contributed by atoms with Gasteiger partial charge in [-0.1, -0.05) is 6.42 Å². The van der Waals surface area contributed by atoms with Crippen molar-refractivity contribution in [3.63, 3.8) is 0 Å². The van der Waals surface area contributed by atoms with E-state index >= 15 is 0 Å². The van der Waals surface area contributed by atoms with Gasteiger partial charge in [0.1, 0.15) is 0 Å². The summed E-state index contributed by atoms with van der Waals surface area (Å²) < 4.78 is 31.7. The first kappa shape index (κ1) is 13.3. The Morgan fingerprint density at radius 2 is 1.88 bits per heavy atom. The summed E-state index contributed by atoms with van der Waals surface area (Å²) in [4.78, 5) is 0. The Bertz CT molecular complexity index is 337. The number of piperidine rings is 1. The molecule has 0 spiro atoms. The Morgan fingerprint density at radius 1 is 1.18 bits per heavy atom. The van der Waals surface area contributed by atoms with Crippen molar-refractivity contribution in [1.29, 1.82) is 0 Å². The third-order valence-electron chi connectivity index (χ3n) is 3.70. The molecule has 100 valence electrons. The van der Waals surface area contributed by atoms with Crippen LogP contribution in [0.5, 0.6) is 0 Å². The van der Waals surface area contributed by atoms with Gasteiger partial charge in [0.2, 0.25) is 10.0 Å². The van der Waals surface area contributed by atoms with Gasteiger partial charge >= 0.3 is 0 Å². The Kier molecular flexibility index (Phi) is 4.41. The number of rotatable bonds is 3. The van der Waals surface area contributed by atoms with E-state index in [1.807, 2.05) is 0 Å². The summed E-state index contributed by atoms with van der Waals surface area (Å²) in [5, 5.41) is 8.98. The second-order valence-corrected chi connectivity index (χ2v) is 6.97. The number of hydrogen-bond donors (Lipinski definition) is 1. The second kappa shape index (κ2) is 5.65. The van der Waals surface area contributed by atoms with E-state index in [0.717, 1.165) is 19.3 Å². The lowest BCUT2D eigenvalue weighted by molar-refractivity contribution is 0.0948. The highest BCUT2D eigenvalue weighted by Crippen LogP contribution is 2.26. The Morgan fingerprint density at radius 3 is 2.53 bits per heavy atom. The zero-order valence-corrected chi connectivity index (χ0v) is 10.9. The topological polar surface area (TPSA) is 66.8 Å². The molecular formula is C11H21NO4S. The highest BCUT2D eigenvalue weighted by Gasteiger charge is 2.38. The maximum atomic E-state index is 12.5. The van der Waals surface area contributed by atoms with Gasteiger partial charge in [0.25, 0.3) is 0 Å². The lowest BCUT2D eigenvalue weighted by Crippen LogP contribution is -2.50. The molecule has 2 aliphatic heterocycles. The largest absolute Gasteiger partial charge is 0.395 e. The summed E-state index contributed by atoms with van der Waals surface area (Å²) in [6, 6.07) is -0.211. The predicted molar refractivity (Wildman–Crippen MR) is 64.2 cm³/mol. The molecule has 2 heterocycles. The first-order valence-electron chi connectivity index (χ1n) is 6.35. The minimum absolute atomic E-state index is 0.0670. The van der Waals surface area contributed by atoms with E-state index in [1.54, 1.807) is 0 Å². The number of nitrogens with zero attached hydrogens (tertiary/aromatic N) is 1. The van der Waals surface area contributed by atoms with Crippen molar-refractivity contribution in [3.05, 3.63) is 0 Å². The molecule has 2 aliphatic rings. The number of ether oxygens (including phenoxy) is 1. The molecule has 0 aromatic carbocycles. The van der Waals surface area contributed by atoms with Crippen LogP contribution >= 0.6 is 0 Å². The van der Waals surface area contributed by atoms with Crippen molar-refractivity contribution < 1.29 is 18.3 Å². The molecule has 2 rings (SSSR count). The fraction of sp³-hybridized carbons (Fsp3) is 1.00. The summed E-state index contributed by atoms with van der Waals surface area (Å²) in [6.45, 7) is 1.55. The molecule has 5 nitrogen and oxygen atoms in total.